The highest BCUT2D eigenvalue weighted by Gasteiger charge is 2.24. The first-order valence-corrected chi connectivity index (χ1v) is 3.61. The lowest BCUT2D eigenvalue weighted by Crippen LogP contribution is -2.03. The highest BCUT2D eigenvalue weighted by molar-refractivity contribution is 5.97. The van der Waals surface area contributed by atoms with E-state index in [1.165, 1.54) is 0 Å². The van der Waals surface area contributed by atoms with Gasteiger partial charge in [0.2, 0.25) is 5.39 Å². The molecule has 0 fully saturated rings. The summed E-state index contributed by atoms with van der Waals surface area (Å²) in [6.45, 7) is 1.83. The van der Waals surface area contributed by atoms with E-state index >= 15 is 0 Å². The van der Waals surface area contributed by atoms with E-state index in [4.69, 9.17) is 5.39 Å². The van der Waals surface area contributed by atoms with Gasteiger partial charge >= 0.3 is 11.7 Å². The molecule has 13 heavy (non-hydrogen) atoms. The molecule has 68 valence electrons. The minimum Gasteiger partial charge on any atom is -0.855 e. The molecular formula is C7H7N3O3. The van der Waals surface area contributed by atoms with E-state index in [1.54, 1.807) is 6.92 Å². The van der Waals surface area contributed by atoms with Gasteiger partial charge in [0.25, 0.3) is 0 Å². The third kappa shape index (κ3) is 1.59. The molecule has 0 aromatic carbocycles. The maximum Gasteiger partial charge on any atom is 0.409 e. The third-order valence-electron chi connectivity index (χ3n) is 1.41. The molecule has 0 atom stereocenters. The first kappa shape index (κ1) is 9.06. The Bertz CT molecular complexity index is 364. The number of aromatic nitrogens is 1. The van der Waals surface area contributed by atoms with Gasteiger partial charge in [0.05, 0.1) is 12.5 Å². The summed E-state index contributed by atoms with van der Waals surface area (Å²) in [5.74, 6) is -1.31. The zero-order valence-electron chi connectivity index (χ0n) is 6.90. The van der Waals surface area contributed by atoms with Crippen LogP contribution in [0, 0.1) is 5.39 Å². The van der Waals surface area contributed by atoms with Crippen LogP contribution in [-0.2, 0) is 4.74 Å². The second-order valence-corrected chi connectivity index (χ2v) is 2.20. The number of diazo groups is 1. The summed E-state index contributed by atoms with van der Waals surface area (Å²) in [6.07, 6.45) is 1.15. The Hall–Kier alpha value is -2.03. The molecule has 0 bridgehead atoms. The molecule has 6 nitrogen and oxygen atoms in total. The average Bonchev–Trinajstić information content (AvgIpc) is 2.47. The number of aromatic amines is 1. The first-order valence-electron chi connectivity index (χ1n) is 3.61. The van der Waals surface area contributed by atoms with Crippen molar-refractivity contribution < 1.29 is 14.6 Å². The summed E-state index contributed by atoms with van der Waals surface area (Å²) in [5, 5.41) is 19.3. The van der Waals surface area contributed by atoms with Crippen LogP contribution in [0.25, 0.3) is 4.98 Å². The molecule has 0 saturated heterocycles. The summed E-state index contributed by atoms with van der Waals surface area (Å²) in [7, 11) is 0. The highest BCUT2D eigenvalue weighted by Crippen LogP contribution is 2.27. The van der Waals surface area contributed by atoms with Crippen molar-refractivity contribution in [3.63, 3.8) is 0 Å². The van der Waals surface area contributed by atoms with Gasteiger partial charge in [-0.3, -0.25) is 0 Å². The van der Waals surface area contributed by atoms with Crippen LogP contribution in [0.15, 0.2) is 6.20 Å². The van der Waals surface area contributed by atoms with Crippen molar-refractivity contribution in [3.8, 4) is 5.88 Å². The second kappa shape index (κ2) is 3.58. The van der Waals surface area contributed by atoms with Crippen LogP contribution in [0.2, 0.25) is 0 Å². The van der Waals surface area contributed by atoms with Gasteiger partial charge in [0.15, 0.2) is 10.5 Å². The van der Waals surface area contributed by atoms with E-state index < -0.39 is 11.8 Å². The zero-order chi connectivity index (χ0) is 9.84. The minimum atomic E-state index is -0.686. The molecule has 0 aliphatic heterocycles. The van der Waals surface area contributed by atoms with Crippen LogP contribution in [-0.4, -0.2) is 17.6 Å². The lowest BCUT2D eigenvalue weighted by atomic mass is 10.3. The second-order valence-electron chi connectivity index (χ2n) is 2.20. The molecule has 0 saturated carbocycles. The van der Waals surface area contributed by atoms with Crippen molar-refractivity contribution >= 4 is 11.7 Å². The van der Waals surface area contributed by atoms with Crippen molar-refractivity contribution in [2.75, 3.05) is 6.61 Å². The van der Waals surface area contributed by atoms with Crippen molar-refractivity contribution in [2.45, 2.75) is 6.92 Å². The predicted molar refractivity (Wildman–Crippen MR) is 40.9 cm³/mol. The van der Waals surface area contributed by atoms with E-state index in [0.29, 0.717) is 0 Å². The van der Waals surface area contributed by atoms with Gasteiger partial charge in [0.1, 0.15) is 0 Å². The molecule has 0 aliphatic carbocycles. The van der Waals surface area contributed by atoms with E-state index in [0.717, 1.165) is 6.20 Å². The Balaban J connectivity index is 3.02. The van der Waals surface area contributed by atoms with Gasteiger partial charge in [-0.1, -0.05) is 0 Å². The van der Waals surface area contributed by atoms with Crippen LogP contribution < -0.4 is 5.11 Å². The molecule has 1 N–H and O–H groups in total. The molecule has 1 heterocycles. The van der Waals surface area contributed by atoms with Crippen LogP contribution in [0.4, 0.5) is 5.69 Å². The standard InChI is InChI=1S/C7H7N3O3/c1-2-13-7(12)4-3-9-6(11)5(4)10-8/h3,8H,2H2,1H3. The Labute approximate surface area is 73.8 Å². The van der Waals surface area contributed by atoms with Crippen molar-refractivity contribution in [2.24, 2.45) is 0 Å². The fraction of sp³-hybridized carbons (Fsp3) is 0.286. The summed E-state index contributed by atoms with van der Waals surface area (Å²) in [6, 6.07) is 0. The maximum atomic E-state index is 11.1. The number of rotatable bonds is 2. The summed E-state index contributed by atoms with van der Waals surface area (Å²) in [5.41, 5.74) is -0.382. The zero-order valence-corrected chi connectivity index (χ0v) is 6.90. The molecule has 1 aromatic heterocycles. The normalized spacial score (nSPS) is 9.23. The van der Waals surface area contributed by atoms with Crippen LogP contribution in [0.3, 0.4) is 0 Å². The number of ether oxygens (including phenoxy) is 1. The molecule has 1 rings (SSSR count). The van der Waals surface area contributed by atoms with Crippen molar-refractivity contribution in [1.29, 1.82) is 5.39 Å². The summed E-state index contributed by atoms with van der Waals surface area (Å²) in [4.78, 5) is 16.0. The first-order chi connectivity index (χ1) is 6.20. The number of nitrogens with zero attached hydrogens (tertiary/aromatic N) is 2. The van der Waals surface area contributed by atoms with Gasteiger partial charge in [-0.2, -0.15) is 0 Å². The smallest absolute Gasteiger partial charge is 0.409 e. The minimum absolute atomic E-state index is 0.0608. The number of H-pyrrole nitrogens is 1. The number of carbonyl (C=O) groups excluding carboxylic acids is 1. The number of nitrogens with one attached hydrogen (secondary N) is 1. The van der Waals surface area contributed by atoms with E-state index in [1.807, 2.05) is 0 Å². The van der Waals surface area contributed by atoms with Crippen molar-refractivity contribution in [1.82, 2.24) is 4.98 Å². The van der Waals surface area contributed by atoms with Gasteiger partial charge in [-0.25, -0.2) is 4.79 Å². The molecule has 1 aromatic rings. The topological polar surface area (TPSA) is 93.3 Å². The number of hydrogen-bond donors (Lipinski definition) is 1. The van der Waals surface area contributed by atoms with Gasteiger partial charge < -0.3 is 14.8 Å². The molecular weight excluding hydrogens is 174 g/mol. The van der Waals surface area contributed by atoms with Gasteiger partial charge in [-0.05, 0) is 6.92 Å². The Morgan fingerprint density at radius 1 is 1.85 bits per heavy atom. The Morgan fingerprint density at radius 2 is 2.54 bits per heavy atom. The molecule has 0 unspecified atom stereocenters. The monoisotopic (exact) mass is 181 g/mol. The SMILES string of the molecule is CCOC(=O)c1c[nH]c([O-])c1[N+]#N. The van der Waals surface area contributed by atoms with Crippen LogP contribution >= 0.6 is 0 Å². The summed E-state index contributed by atoms with van der Waals surface area (Å²) >= 11 is 0. The number of esters is 1. The average molecular weight is 181 g/mol. The number of carbonyl (C=O) groups is 1. The fourth-order valence-electron chi connectivity index (χ4n) is 0.860. The number of hydrogen-bond acceptors (Lipinski definition) is 4. The summed E-state index contributed by atoms with van der Waals surface area (Å²) < 4.78 is 4.61. The molecule has 6 heteroatoms. The highest BCUT2D eigenvalue weighted by atomic mass is 16.5. The van der Waals surface area contributed by atoms with Gasteiger partial charge in [0, 0.05) is 6.20 Å². The van der Waals surface area contributed by atoms with Crippen LogP contribution in [0.5, 0.6) is 5.88 Å². The maximum absolute atomic E-state index is 11.1. The molecule has 0 aliphatic rings. The van der Waals surface area contributed by atoms with E-state index in [2.05, 4.69) is 14.7 Å². The largest absolute Gasteiger partial charge is 0.855 e. The Morgan fingerprint density at radius 3 is 3.08 bits per heavy atom. The Kier molecular flexibility index (Phi) is 2.50. The third-order valence-corrected chi connectivity index (χ3v) is 1.41. The van der Waals surface area contributed by atoms with E-state index in [-0.39, 0.29) is 17.9 Å². The fourth-order valence-corrected chi connectivity index (χ4v) is 0.860. The predicted octanol–water partition coefficient (Wildman–Crippen LogP) is 0.750. The lowest BCUT2D eigenvalue weighted by molar-refractivity contribution is -0.272. The van der Waals surface area contributed by atoms with Crippen molar-refractivity contribution in [3.05, 3.63) is 16.7 Å². The van der Waals surface area contributed by atoms with E-state index in [9.17, 15) is 9.90 Å². The molecule has 0 radical (unpaired) electrons. The van der Waals surface area contributed by atoms with Crippen LogP contribution in [0.1, 0.15) is 17.3 Å². The van der Waals surface area contributed by atoms with Gasteiger partial charge in [-0.15, -0.1) is 0 Å². The molecule has 0 spiro atoms. The molecule has 0 amide bonds. The lowest BCUT2D eigenvalue weighted by Gasteiger charge is -1.95. The quantitative estimate of drug-likeness (QED) is 0.538.